The molecule has 0 N–H and O–H groups in total. The van der Waals surface area contributed by atoms with E-state index < -0.39 is 11.1 Å². The Morgan fingerprint density at radius 1 is 0.964 bits per heavy atom. The fraction of sp³-hybridized carbons (Fsp3) is 0. The van der Waals surface area contributed by atoms with E-state index in [1.807, 2.05) is 30.3 Å². The molecule has 4 nitrogen and oxygen atoms in total. The number of thioether (sulfide) groups is 1. The van der Waals surface area contributed by atoms with Gasteiger partial charge in [0.1, 0.15) is 11.5 Å². The van der Waals surface area contributed by atoms with Gasteiger partial charge in [0.2, 0.25) is 0 Å². The second-order valence-corrected chi connectivity index (χ2v) is 8.55. The summed E-state index contributed by atoms with van der Waals surface area (Å²) in [4.78, 5) is 26.4. The molecule has 0 spiro atoms. The van der Waals surface area contributed by atoms with Gasteiger partial charge >= 0.3 is 0 Å². The van der Waals surface area contributed by atoms with Crippen LogP contribution in [0.5, 0.6) is 0 Å². The maximum atomic E-state index is 12.7. The van der Waals surface area contributed by atoms with Crippen LogP contribution in [0.2, 0.25) is 10.0 Å². The van der Waals surface area contributed by atoms with Crippen LogP contribution in [0.3, 0.4) is 0 Å². The summed E-state index contributed by atoms with van der Waals surface area (Å²) in [6.07, 6.45) is 1.56. The lowest BCUT2D eigenvalue weighted by molar-refractivity contribution is -0.113. The summed E-state index contributed by atoms with van der Waals surface area (Å²) in [5.41, 5.74) is 1.28. The van der Waals surface area contributed by atoms with E-state index in [-0.39, 0.29) is 9.93 Å². The largest absolute Gasteiger partial charge is 0.457 e. The maximum Gasteiger partial charge on any atom is 0.298 e. The topological polar surface area (TPSA) is 50.5 Å². The zero-order valence-electron chi connectivity index (χ0n) is 14.0. The number of carbonyl (C=O) groups is 2. The van der Waals surface area contributed by atoms with Crippen LogP contribution in [0.1, 0.15) is 5.76 Å². The monoisotopic (exact) mass is 493 g/mol. The number of carbonyl (C=O) groups excluding carboxylic acids is 2. The number of amides is 2. The van der Waals surface area contributed by atoms with Crippen molar-refractivity contribution < 1.29 is 14.0 Å². The van der Waals surface area contributed by atoms with Crippen LogP contribution < -0.4 is 4.90 Å². The minimum absolute atomic E-state index is 0.271. The molecule has 8 heteroatoms. The van der Waals surface area contributed by atoms with E-state index in [2.05, 4.69) is 15.9 Å². The number of hydrogen-bond acceptors (Lipinski definition) is 4. The van der Waals surface area contributed by atoms with Crippen molar-refractivity contribution in [2.75, 3.05) is 4.90 Å². The Bertz CT molecular complexity index is 1120. The third-order valence-electron chi connectivity index (χ3n) is 3.98. The van der Waals surface area contributed by atoms with Crippen LogP contribution >= 0.6 is 50.9 Å². The first-order chi connectivity index (χ1) is 13.4. The summed E-state index contributed by atoms with van der Waals surface area (Å²) in [6, 6.07) is 15.9. The standard InChI is InChI=1S/C20H10BrCl2NO3S/c21-12-3-1-11(2-4-12)17-8-6-14(27-17)10-18-19(25)24(20(26)28-18)13-5-7-15(22)16(23)9-13/h1-10H/b18-10+. The van der Waals surface area contributed by atoms with Crippen molar-refractivity contribution in [3.8, 4) is 11.3 Å². The molecule has 0 aliphatic carbocycles. The summed E-state index contributed by atoms with van der Waals surface area (Å²) in [6.45, 7) is 0. The van der Waals surface area contributed by atoms with Crippen molar-refractivity contribution in [2.45, 2.75) is 0 Å². The molecule has 140 valence electrons. The highest BCUT2D eigenvalue weighted by molar-refractivity contribution is 9.10. The maximum absolute atomic E-state index is 12.7. The van der Waals surface area contributed by atoms with Crippen LogP contribution in [0.4, 0.5) is 10.5 Å². The Labute approximate surface area is 183 Å². The number of anilines is 1. The highest BCUT2D eigenvalue weighted by atomic mass is 79.9. The quantitative estimate of drug-likeness (QED) is 0.359. The molecule has 28 heavy (non-hydrogen) atoms. The van der Waals surface area contributed by atoms with Gasteiger partial charge in [-0.2, -0.15) is 0 Å². The summed E-state index contributed by atoms with van der Waals surface area (Å²) in [7, 11) is 0. The van der Waals surface area contributed by atoms with E-state index in [4.69, 9.17) is 27.6 Å². The molecular formula is C20H10BrCl2NO3S. The summed E-state index contributed by atoms with van der Waals surface area (Å²) in [5, 5.41) is 0.214. The molecule has 1 saturated heterocycles. The van der Waals surface area contributed by atoms with E-state index in [1.165, 1.54) is 6.07 Å². The highest BCUT2D eigenvalue weighted by Gasteiger charge is 2.36. The van der Waals surface area contributed by atoms with E-state index in [1.54, 1.807) is 24.3 Å². The lowest BCUT2D eigenvalue weighted by atomic mass is 10.2. The average Bonchev–Trinajstić information content (AvgIpc) is 3.23. The number of rotatable bonds is 3. The number of furan rings is 1. The molecule has 3 aromatic rings. The number of benzene rings is 2. The number of halogens is 3. The second-order valence-electron chi connectivity index (χ2n) is 5.82. The Hall–Kier alpha value is -1.99. The third-order valence-corrected chi connectivity index (χ3v) is 6.12. The molecule has 2 aromatic carbocycles. The second kappa shape index (κ2) is 7.79. The van der Waals surface area contributed by atoms with Gasteiger partial charge in [-0.25, -0.2) is 4.90 Å². The zero-order valence-corrected chi connectivity index (χ0v) is 17.9. The third kappa shape index (κ3) is 3.78. The van der Waals surface area contributed by atoms with Gasteiger partial charge in [0.15, 0.2) is 0 Å². The zero-order chi connectivity index (χ0) is 19.8. The Kier molecular flexibility index (Phi) is 5.38. The van der Waals surface area contributed by atoms with Gasteiger partial charge in [-0.15, -0.1) is 0 Å². The number of imide groups is 1. The lowest BCUT2D eigenvalue weighted by Gasteiger charge is -2.12. The first kappa shape index (κ1) is 19.3. The summed E-state index contributed by atoms with van der Waals surface area (Å²) < 4.78 is 6.78. The molecule has 1 fully saturated rings. The molecule has 1 aromatic heterocycles. The Balaban J connectivity index is 1.61. The van der Waals surface area contributed by atoms with Crippen LogP contribution in [0.15, 0.2) is 68.4 Å². The first-order valence-electron chi connectivity index (χ1n) is 8.01. The van der Waals surface area contributed by atoms with Gasteiger partial charge in [-0.05, 0) is 54.2 Å². The highest BCUT2D eigenvalue weighted by Crippen LogP contribution is 2.38. The van der Waals surface area contributed by atoms with E-state index in [9.17, 15) is 9.59 Å². The predicted molar refractivity (Wildman–Crippen MR) is 117 cm³/mol. The van der Waals surface area contributed by atoms with Crippen molar-refractivity contribution in [2.24, 2.45) is 0 Å². The minimum atomic E-state index is -0.435. The molecule has 0 bridgehead atoms. The average molecular weight is 495 g/mol. The van der Waals surface area contributed by atoms with E-state index >= 15 is 0 Å². The molecule has 0 unspecified atom stereocenters. The van der Waals surface area contributed by atoms with E-state index in [0.29, 0.717) is 22.2 Å². The van der Waals surface area contributed by atoms with Gasteiger partial charge in [-0.1, -0.05) is 51.3 Å². The SMILES string of the molecule is O=C1S/C(=C/c2ccc(-c3ccc(Br)cc3)o2)C(=O)N1c1ccc(Cl)c(Cl)c1. The van der Waals surface area contributed by atoms with Crippen LogP contribution in [0.25, 0.3) is 17.4 Å². The fourth-order valence-corrected chi connectivity index (χ4v) is 4.02. The van der Waals surface area contributed by atoms with Crippen molar-refractivity contribution in [1.29, 1.82) is 0 Å². The predicted octanol–water partition coefficient (Wildman–Crippen LogP) is 7.26. The minimum Gasteiger partial charge on any atom is -0.457 e. The number of hydrogen-bond donors (Lipinski definition) is 0. The molecule has 2 heterocycles. The lowest BCUT2D eigenvalue weighted by Crippen LogP contribution is -2.27. The molecule has 1 aliphatic heterocycles. The van der Waals surface area contributed by atoms with Crippen molar-refractivity contribution in [3.63, 3.8) is 0 Å². The van der Waals surface area contributed by atoms with Crippen LogP contribution in [0, 0.1) is 0 Å². The van der Waals surface area contributed by atoms with Crippen molar-refractivity contribution in [3.05, 3.63) is 79.8 Å². The fourth-order valence-electron chi connectivity index (χ4n) is 2.64. The van der Waals surface area contributed by atoms with Gasteiger partial charge < -0.3 is 4.42 Å². The molecule has 2 amide bonds. The van der Waals surface area contributed by atoms with Gasteiger partial charge in [0.25, 0.3) is 11.1 Å². The van der Waals surface area contributed by atoms with Crippen LogP contribution in [-0.2, 0) is 4.79 Å². The van der Waals surface area contributed by atoms with Gasteiger partial charge in [0.05, 0.1) is 20.6 Å². The molecule has 0 saturated carbocycles. The molecule has 4 rings (SSSR count). The molecular weight excluding hydrogens is 485 g/mol. The number of nitrogens with zero attached hydrogens (tertiary/aromatic N) is 1. The van der Waals surface area contributed by atoms with E-state index in [0.717, 1.165) is 26.7 Å². The van der Waals surface area contributed by atoms with Gasteiger partial charge in [0, 0.05) is 16.1 Å². The first-order valence-corrected chi connectivity index (χ1v) is 10.4. The molecule has 1 aliphatic rings. The van der Waals surface area contributed by atoms with Crippen molar-refractivity contribution >= 4 is 73.8 Å². The summed E-state index contributed by atoms with van der Waals surface area (Å²) in [5.74, 6) is 0.718. The Morgan fingerprint density at radius 2 is 1.71 bits per heavy atom. The van der Waals surface area contributed by atoms with Crippen molar-refractivity contribution in [1.82, 2.24) is 0 Å². The normalized spacial score (nSPS) is 15.7. The Morgan fingerprint density at radius 3 is 2.43 bits per heavy atom. The molecule has 0 radical (unpaired) electrons. The van der Waals surface area contributed by atoms with Crippen LogP contribution in [-0.4, -0.2) is 11.1 Å². The molecule has 0 atom stereocenters. The smallest absolute Gasteiger partial charge is 0.298 e. The van der Waals surface area contributed by atoms with Gasteiger partial charge in [-0.3, -0.25) is 9.59 Å². The summed E-state index contributed by atoms with van der Waals surface area (Å²) >= 11 is 16.1.